The lowest BCUT2D eigenvalue weighted by atomic mass is 9.94. The van der Waals surface area contributed by atoms with Crippen molar-refractivity contribution in [2.75, 3.05) is 6.54 Å². The molecule has 0 aliphatic rings. The average molecular weight is 282 g/mol. The monoisotopic (exact) mass is 282 g/mol. The van der Waals surface area contributed by atoms with Gasteiger partial charge in [-0.1, -0.05) is 13.8 Å². The largest absolute Gasteiger partial charge is 0.351 e. The second-order valence-corrected chi connectivity index (χ2v) is 7.00. The van der Waals surface area contributed by atoms with Gasteiger partial charge in [-0.05, 0) is 50.3 Å². The summed E-state index contributed by atoms with van der Waals surface area (Å²) in [4.78, 5) is 14.4. The molecule has 108 valence electrons. The minimum absolute atomic E-state index is 0.111. The number of carbonyl (C=O) groups is 1. The third kappa shape index (κ3) is 5.74. The molecule has 4 heteroatoms. The topological polar surface area (TPSA) is 55.1 Å². The van der Waals surface area contributed by atoms with E-state index in [0.717, 1.165) is 6.42 Å². The zero-order valence-corrected chi connectivity index (χ0v) is 13.3. The summed E-state index contributed by atoms with van der Waals surface area (Å²) in [5.74, 6) is 0.996. The predicted molar refractivity (Wildman–Crippen MR) is 82.3 cm³/mol. The Hall–Kier alpha value is -0.870. The SMILES string of the molecule is Cc1cc(CNC(=O)CC(CN)CC(C)C)sc1C. The van der Waals surface area contributed by atoms with Gasteiger partial charge in [0.25, 0.3) is 0 Å². The predicted octanol–water partition coefficient (Wildman–Crippen LogP) is 2.99. The highest BCUT2D eigenvalue weighted by atomic mass is 32.1. The van der Waals surface area contributed by atoms with Gasteiger partial charge < -0.3 is 11.1 Å². The van der Waals surface area contributed by atoms with Crippen LogP contribution in [0.2, 0.25) is 0 Å². The highest BCUT2D eigenvalue weighted by molar-refractivity contribution is 7.12. The van der Waals surface area contributed by atoms with E-state index < -0.39 is 0 Å². The fourth-order valence-electron chi connectivity index (χ4n) is 2.19. The van der Waals surface area contributed by atoms with Crippen LogP contribution in [0.3, 0.4) is 0 Å². The van der Waals surface area contributed by atoms with Crippen LogP contribution in [0.25, 0.3) is 0 Å². The van der Waals surface area contributed by atoms with Crippen LogP contribution in [0.1, 0.15) is 42.0 Å². The van der Waals surface area contributed by atoms with Crippen molar-refractivity contribution in [3.05, 3.63) is 21.4 Å². The maximum absolute atomic E-state index is 11.9. The highest BCUT2D eigenvalue weighted by Crippen LogP contribution is 2.20. The number of nitrogens with two attached hydrogens (primary N) is 1. The number of aryl methyl sites for hydroxylation is 2. The van der Waals surface area contributed by atoms with Crippen molar-refractivity contribution in [1.82, 2.24) is 5.32 Å². The first-order valence-corrected chi connectivity index (χ1v) is 7.76. The highest BCUT2D eigenvalue weighted by Gasteiger charge is 2.14. The van der Waals surface area contributed by atoms with Crippen molar-refractivity contribution >= 4 is 17.2 Å². The number of carbonyl (C=O) groups excluding carboxylic acids is 1. The number of thiophene rings is 1. The van der Waals surface area contributed by atoms with E-state index >= 15 is 0 Å². The first kappa shape index (κ1) is 16.2. The number of hydrogen-bond acceptors (Lipinski definition) is 3. The Balaban J connectivity index is 2.38. The van der Waals surface area contributed by atoms with Gasteiger partial charge in [0.15, 0.2) is 0 Å². The third-order valence-electron chi connectivity index (χ3n) is 3.29. The van der Waals surface area contributed by atoms with Gasteiger partial charge in [0.05, 0.1) is 6.54 Å². The van der Waals surface area contributed by atoms with Crippen LogP contribution in [0, 0.1) is 25.7 Å². The van der Waals surface area contributed by atoms with E-state index in [4.69, 9.17) is 5.73 Å². The quantitative estimate of drug-likeness (QED) is 0.808. The third-order valence-corrected chi connectivity index (χ3v) is 4.44. The normalized spacial score (nSPS) is 12.7. The lowest BCUT2D eigenvalue weighted by Gasteiger charge is -2.16. The Morgan fingerprint density at radius 3 is 2.58 bits per heavy atom. The molecule has 1 aromatic heterocycles. The molecule has 1 rings (SSSR count). The second-order valence-electron chi connectivity index (χ2n) is 5.66. The molecule has 0 bridgehead atoms. The van der Waals surface area contributed by atoms with Crippen LogP contribution < -0.4 is 11.1 Å². The molecule has 0 radical (unpaired) electrons. The van der Waals surface area contributed by atoms with E-state index in [1.165, 1.54) is 15.3 Å². The molecule has 19 heavy (non-hydrogen) atoms. The smallest absolute Gasteiger partial charge is 0.220 e. The summed E-state index contributed by atoms with van der Waals surface area (Å²) in [7, 11) is 0. The van der Waals surface area contributed by atoms with Crippen LogP contribution in [-0.4, -0.2) is 12.5 Å². The van der Waals surface area contributed by atoms with E-state index in [2.05, 4.69) is 39.1 Å². The maximum Gasteiger partial charge on any atom is 0.220 e. The van der Waals surface area contributed by atoms with E-state index in [9.17, 15) is 4.79 Å². The first-order chi connectivity index (χ1) is 8.92. The van der Waals surface area contributed by atoms with Crippen molar-refractivity contribution in [1.29, 1.82) is 0 Å². The number of rotatable bonds is 7. The van der Waals surface area contributed by atoms with Gasteiger partial charge in [-0.25, -0.2) is 0 Å². The molecule has 3 nitrogen and oxygen atoms in total. The molecule has 1 aromatic rings. The van der Waals surface area contributed by atoms with Gasteiger partial charge in [0.1, 0.15) is 0 Å². The van der Waals surface area contributed by atoms with E-state index in [0.29, 0.717) is 31.3 Å². The van der Waals surface area contributed by atoms with Gasteiger partial charge >= 0.3 is 0 Å². The van der Waals surface area contributed by atoms with Gasteiger partial charge in [-0.2, -0.15) is 0 Å². The zero-order chi connectivity index (χ0) is 14.4. The lowest BCUT2D eigenvalue weighted by molar-refractivity contribution is -0.122. The summed E-state index contributed by atoms with van der Waals surface area (Å²) in [6.07, 6.45) is 1.55. The molecule has 0 spiro atoms. The lowest BCUT2D eigenvalue weighted by Crippen LogP contribution is -2.28. The molecule has 3 N–H and O–H groups in total. The van der Waals surface area contributed by atoms with Crippen molar-refractivity contribution in [3.8, 4) is 0 Å². The maximum atomic E-state index is 11.9. The van der Waals surface area contributed by atoms with Crippen LogP contribution in [-0.2, 0) is 11.3 Å². The fraction of sp³-hybridized carbons (Fsp3) is 0.667. The molecule has 1 atom stereocenters. The van der Waals surface area contributed by atoms with E-state index in [1.54, 1.807) is 11.3 Å². The molecule has 0 aliphatic heterocycles. The van der Waals surface area contributed by atoms with Crippen molar-refractivity contribution in [3.63, 3.8) is 0 Å². The Morgan fingerprint density at radius 2 is 2.11 bits per heavy atom. The number of nitrogens with one attached hydrogen (secondary N) is 1. The van der Waals surface area contributed by atoms with Gasteiger partial charge in [0.2, 0.25) is 5.91 Å². The van der Waals surface area contributed by atoms with Crippen LogP contribution in [0.15, 0.2) is 6.07 Å². The van der Waals surface area contributed by atoms with Gasteiger partial charge in [0, 0.05) is 16.2 Å². The molecule has 0 aromatic carbocycles. The Morgan fingerprint density at radius 1 is 1.42 bits per heavy atom. The Kier molecular flexibility index (Phi) is 6.52. The molecule has 0 saturated carbocycles. The fourth-order valence-corrected chi connectivity index (χ4v) is 3.18. The average Bonchev–Trinajstić information content (AvgIpc) is 2.65. The van der Waals surface area contributed by atoms with Crippen LogP contribution >= 0.6 is 11.3 Å². The minimum Gasteiger partial charge on any atom is -0.351 e. The molecule has 0 saturated heterocycles. The van der Waals surface area contributed by atoms with Crippen molar-refractivity contribution < 1.29 is 4.79 Å². The van der Waals surface area contributed by atoms with Crippen LogP contribution in [0.4, 0.5) is 0 Å². The number of amides is 1. The number of hydrogen-bond donors (Lipinski definition) is 2. The summed E-state index contributed by atoms with van der Waals surface area (Å²) in [6.45, 7) is 9.76. The molecule has 0 fully saturated rings. The summed E-state index contributed by atoms with van der Waals surface area (Å²) >= 11 is 1.75. The molecular weight excluding hydrogens is 256 g/mol. The summed E-state index contributed by atoms with van der Waals surface area (Å²) < 4.78 is 0. The minimum atomic E-state index is 0.111. The van der Waals surface area contributed by atoms with Gasteiger partial charge in [-0.3, -0.25) is 4.79 Å². The van der Waals surface area contributed by atoms with Crippen LogP contribution in [0.5, 0.6) is 0 Å². The molecule has 1 amide bonds. The standard InChI is InChI=1S/C15H26N2OS/c1-10(2)5-13(8-16)7-15(18)17-9-14-6-11(3)12(4)19-14/h6,10,13H,5,7-9,16H2,1-4H3,(H,17,18). The summed E-state index contributed by atoms with van der Waals surface area (Å²) in [5, 5.41) is 2.99. The van der Waals surface area contributed by atoms with E-state index in [1.807, 2.05) is 0 Å². The Labute approximate surface area is 120 Å². The molecule has 0 aliphatic carbocycles. The van der Waals surface area contributed by atoms with Gasteiger partial charge in [-0.15, -0.1) is 11.3 Å². The van der Waals surface area contributed by atoms with Crippen molar-refractivity contribution in [2.45, 2.75) is 47.1 Å². The molecule has 1 unspecified atom stereocenters. The second kappa shape index (κ2) is 7.65. The van der Waals surface area contributed by atoms with Crippen molar-refractivity contribution in [2.24, 2.45) is 17.6 Å². The zero-order valence-electron chi connectivity index (χ0n) is 12.5. The molecule has 1 heterocycles. The first-order valence-electron chi connectivity index (χ1n) is 6.95. The molecular formula is C15H26N2OS. The van der Waals surface area contributed by atoms with E-state index in [-0.39, 0.29) is 5.91 Å². The Bertz CT molecular complexity index is 393. The summed E-state index contributed by atoms with van der Waals surface area (Å²) in [5.41, 5.74) is 7.02. The summed E-state index contributed by atoms with van der Waals surface area (Å²) in [6, 6.07) is 2.15.